The minimum atomic E-state index is -0.159. The van der Waals surface area contributed by atoms with Gasteiger partial charge in [0.2, 0.25) is 0 Å². The highest BCUT2D eigenvalue weighted by Gasteiger charge is 2.20. The van der Waals surface area contributed by atoms with Crippen LogP contribution in [0.2, 0.25) is 5.02 Å². The molecule has 0 saturated carbocycles. The van der Waals surface area contributed by atoms with Gasteiger partial charge in [-0.2, -0.15) is 0 Å². The van der Waals surface area contributed by atoms with Gasteiger partial charge in [-0.1, -0.05) is 31.5 Å². The van der Waals surface area contributed by atoms with E-state index in [1.54, 1.807) is 12.1 Å². The van der Waals surface area contributed by atoms with Gasteiger partial charge < -0.3 is 19.9 Å². The van der Waals surface area contributed by atoms with E-state index in [4.69, 9.17) is 16.3 Å². The van der Waals surface area contributed by atoms with Gasteiger partial charge in [-0.15, -0.1) is 0 Å². The van der Waals surface area contributed by atoms with Crippen LogP contribution < -0.4 is 15.0 Å². The molecule has 2 aromatic rings. The number of halogens is 1. The Labute approximate surface area is 172 Å². The molecule has 0 bridgehead atoms. The Morgan fingerprint density at radius 3 is 2.43 bits per heavy atom. The van der Waals surface area contributed by atoms with Gasteiger partial charge in [0, 0.05) is 31.7 Å². The zero-order chi connectivity index (χ0) is 20.1. The SMILES string of the molecule is CC(C)COc1ccc(C(=O)Nc2cccc(Cl)c2N2CCN(C)CC2)cc1. The number of anilines is 2. The number of carbonyl (C=O) groups is 1. The second-order valence-electron chi connectivity index (χ2n) is 7.61. The Morgan fingerprint density at radius 1 is 1.11 bits per heavy atom. The van der Waals surface area contributed by atoms with Gasteiger partial charge in [-0.3, -0.25) is 4.79 Å². The molecule has 1 fully saturated rings. The predicted octanol–water partition coefficient (Wildman–Crippen LogP) is 4.38. The van der Waals surface area contributed by atoms with Crippen molar-refractivity contribution >= 4 is 28.9 Å². The molecule has 1 N–H and O–H groups in total. The first-order valence-electron chi connectivity index (χ1n) is 9.70. The van der Waals surface area contributed by atoms with Crippen LogP contribution in [0, 0.1) is 5.92 Å². The third-order valence-electron chi connectivity index (χ3n) is 4.75. The second kappa shape index (κ2) is 9.30. The van der Waals surface area contributed by atoms with Crippen molar-refractivity contribution in [3.63, 3.8) is 0 Å². The minimum absolute atomic E-state index is 0.159. The third-order valence-corrected chi connectivity index (χ3v) is 5.06. The second-order valence-corrected chi connectivity index (χ2v) is 8.02. The molecule has 2 aromatic carbocycles. The summed E-state index contributed by atoms with van der Waals surface area (Å²) < 4.78 is 5.68. The first-order valence-corrected chi connectivity index (χ1v) is 10.1. The largest absolute Gasteiger partial charge is 0.493 e. The van der Waals surface area contributed by atoms with E-state index in [2.05, 4.69) is 36.0 Å². The Kier molecular flexibility index (Phi) is 6.81. The van der Waals surface area contributed by atoms with Crippen molar-refractivity contribution in [3.05, 3.63) is 53.1 Å². The minimum Gasteiger partial charge on any atom is -0.493 e. The number of rotatable bonds is 6. The first-order chi connectivity index (χ1) is 13.4. The summed E-state index contributed by atoms with van der Waals surface area (Å²) in [5.74, 6) is 1.07. The number of amides is 1. The van der Waals surface area contributed by atoms with Crippen LogP contribution in [0.15, 0.2) is 42.5 Å². The van der Waals surface area contributed by atoms with E-state index in [9.17, 15) is 4.79 Å². The van der Waals surface area contributed by atoms with E-state index in [1.165, 1.54) is 0 Å². The molecule has 3 rings (SSSR count). The summed E-state index contributed by atoms with van der Waals surface area (Å²) in [4.78, 5) is 17.3. The van der Waals surface area contributed by atoms with Crippen molar-refractivity contribution in [3.8, 4) is 5.75 Å². The van der Waals surface area contributed by atoms with Crippen molar-refractivity contribution in [2.45, 2.75) is 13.8 Å². The van der Waals surface area contributed by atoms with Gasteiger partial charge in [-0.25, -0.2) is 0 Å². The number of para-hydroxylation sites is 1. The fourth-order valence-corrected chi connectivity index (χ4v) is 3.42. The van der Waals surface area contributed by atoms with Gasteiger partial charge in [0.05, 0.1) is 23.0 Å². The van der Waals surface area contributed by atoms with Gasteiger partial charge in [0.15, 0.2) is 0 Å². The molecule has 0 unspecified atom stereocenters. The first kappa shape index (κ1) is 20.5. The number of piperazine rings is 1. The summed E-state index contributed by atoms with van der Waals surface area (Å²) >= 11 is 6.49. The zero-order valence-corrected chi connectivity index (χ0v) is 17.5. The number of benzene rings is 2. The van der Waals surface area contributed by atoms with E-state index in [-0.39, 0.29) is 5.91 Å². The van der Waals surface area contributed by atoms with Gasteiger partial charge in [0.25, 0.3) is 5.91 Å². The van der Waals surface area contributed by atoms with E-state index < -0.39 is 0 Å². The van der Waals surface area contributed by atoms with Gasteiger partial charge in [-0.05, 0) is 49.4 Å². The normalized spacial score (nSPS) is 15.0. The molecular formula is C22H28ClN3O2. The number of hydrogen-bond donors (Lipinski definition) is 1. The zero-order valence-electron chi connectivity index (χ0n) is 16.7. The summed E-state index contributed by atoms with van der Waals surface area (Å²) in [5, 5.41) is 3.68. The molecule has 5 nitrogen and oxygen atoms in total. The molecule has 1 amide bonds. The lowest BCUT2D eigenvalue weighted by Crippen LogP contribution is -2.44. The maximum absolute atomic E-state index is 12.8. The summed E-state index contributed by atoms with van der Waals surface area (Å²) in [5.41, 5.74) is 2.21. The highest BCUT2D eigenvalue weighted by molar-refractivity contribution is 6.34. The number of nitrogens with one attached hydrogen (secondary N) is 1. The molecule has 28 heavy (non-hydrogen) atoms. The van der Waals surface area contributed by atoms with Crippen LogP contribution in [0.1, 0.15) is 24.2 Å². The molecule has 6 heteroatoms. The Balaban J connectivity index is 1.73. The number of nitrogens with zero attached hydrogens (tertiary/aromatic N) is 2. The Hall–Kier alpha value is -2.24. The lowest BCUT2D eigenvalue weighted by atomic mass is 10.1. The summed E-state index contributed by atoms with van der Waals surface area (Å²) in [7, 11) is 2.11. The highest BCUT2D eigenvalue weighted by atomic mass is 35.5. The average molecular weight is 402 g/mol. The topological polar surface area (TPSA) is 44.8 Å². The van der Waals surface area contributed by atoms with Crippen LogP contribution in [0.3, 0.4) is 0 Å². The van der Waals surface area contributed by atoms with Crippen LogP contribution in [-0.4, -0.2) is 50.6 Å². The molecule has 1 heterocycles. The molecule has 0 radical (unpaired) electrons. The van der Waals surface area contributed by atoms with Crippen molar-refractivity contribution in [1.82, 2.24) is 4.90 Å². The number of likely N-dealkylation sites (N-methyl/N-ethyl adjacent to an activating group) is 1. The number of hydrogen-bond acceptors (Lipinski definition) is 4. The number of carbonyl (C=O) groups excluding carboxylic acids is 1. The third kappa shape index (κ3) is 5.18. The molecule has 0 atom stereocenters. The van der Waals surface area contributed by atoms with Crippen molar-refractivity contribution in [2.75, 3.05) is 50.1 Å². The average Bonchev–Trinajstić information content (AvgIpc) is 2.68. The number of ether oxygens (including phenoxy) is 1. The van der Waals surface area contributed by atoms with Crippen LogP contribution in [0.25, 0.3) is 0 Å². The smallest absolute Gasteiger partial charge is 0.255 e. The lowest BCUT2D eigenvalue weighted by molar-refractivity contribution is 0.102. The molecular weight excluding hydrogens is 374 g/mol. The van der Waals surface area contributed by atoms with Crippen molar-refractivity contribution < 1.29 is 9.53 Å². The van der Waals surface area contributed by atoms with Crippen LogP contribution in [-0.2, 0) is 0 Å². The van der Waals surface area contributed by atoms with Crippen molar-refractivity contribution in [2.24, 2.45) is 5.92 Å². The summed E-state index contributed by atoms with van der Waals surface area (Å²) in [6.07, 6.45) is 0. The quantitative estimate of drug-likeness (QED) is 0.780. The highest BCUT2D eigenvalue weighted by Crippen LogP contribution is 2.34. The summed E-state index contributed by atoms with van der Waals surface area (Å²) in [6.45, 7) is 8.56. The fourth-order valence-electron chi connectivity index (χ4n) is 3.13. The molecule has 1 saturated heterocycles. The Morgan fingerprint density at radius 2 is 1.79 bits per heavy atom. The van der Waals surface area contributed by atoms with Crippen molar-refractivity contribution in [1.29, 1.82) is 0 Å². The van der Waals surface area contributed by atoms with E-state index in [0.29, 0.717) is 23.1 Å². The van der Waals surface area contributed by atoms with E-state index in [0.717, 1.165) is 43.3 Å². The predicted molar refractivity (Wildman–Crippen MR) is 116 cm³/mol. The van der Waals surface area contributed by atoms with Gasteiger partial charge in [0.1, 0.15) is 5.75 Å². The van der Waals surface area contributed by atoms with Crippen LogP contribution >= 0.6 is 11.6 Å². The van der Waals surface area contributed by atoms with Gasteiger partial charge >= 0.3 is 0 Å². The molecule has 150 valence electrons. The molecule has 0 aliphatic carbocycles. The van der Waals surface area contributed by atoms with E-state index in [1.807, 2.05) is 30.3 Å². The van der Waals surface area contributed by atoms with Crippen LogP contribution in [0.5, 0.6) is 5.75 Å². The van der Waals surface area contributed by atoms with E-state index >= 15 is 0 Å². The molecule has 0 spiro atoms. The monoisotopic (exact) mass is 401 g/mol. The molecule has 1 aliphatic heterocycles. The molecule has 0 aromatic heterocycles. The standard InChI is InChI=1S/C22H28ClN3O2/c1-16(2)15-28-18-9-7-17(8-10-18)22(27)24-20-6-4-5-19(23)21(20)26-13-11-25(3)12-14-26/h4-10,16H,11-15H2,1-3H3,(H,24,27). The summed E-state index contributed by atoms with van der Waals surface area (Å²) in [6, 6.07) is 12.9. The maximum atomic E-state index is 12.8. The van der Waals surface area contributed by atoms with Crippen LogP contribution in [0.4, 0.5) is 11.4 Å². The fraction of sp³-hybridized carbons (Fsp3) is 0.409. The lowest BCUT2D eigenvalue weighted by Gasteiger charge is -2.35. The maximum Gasteiger partial charge on any atom is 0.255 e. The molecule has 1 aliphatic rings. The Bertz CT molecular complexity index is 800.